The molecule has 35 heavy (non-hydrogen) atoms. The second kappa shape index (κ2) is 10.9. The van der Waals surface area contributed by atoms with Crippen LogP contribution >= 0.6 is 27.7 Å². The predicted octanol–water partition coefficient (Wildman–Crippen LogP) is 5.16. The van der Waals surface area contributed by atoms with Gasteiger partial charge in [0.05, 0.1) is 22.1 Å². The van der Waals surface area contributed by atoms with Crippen LogP contribution in [0.4, 0.5) is 23.7 Å². The summed E-state index contributed by atoms with van der Waals surface area (Å²) in [6.07, 6.45) is 2.06. The summed E-state index contributed by atoms with van der Waals surface area (Å²) in [7, 11) is 1.42. The first-order valence-electron chi connectivity index (χ1n) is 9.69. The van der Waals surface area contributed by atoms with Gasteiger partial charge in [-0.1, -0.05) is 12.0 Å². The Morgan fingerprint density at radius 1 is 1.29 bits per heavy atom. The molecule has 2 aromatic carbocycles. The largest absolute Gasteiger partial charge is 0.493 e. The molecule has 7 nitrogen and oxygen atoms in total. The molecule has 0 aliphatic carbocycles. The van der Waals surface area contributed by atoms with Crippen molar-refractivity contribution in [1.29, 1.82) is 0 Å². The van der Waals surface area contributed by atoms with Crippen molar-refractivity contribution in [2.75, 3.05) is 25.6 Å². The SMILES string of the molecule is C#CCOc1c(Br)cc(/C=C2\SC(=O)N(CC(=O)Nc3cccc(C(F)(F)F)c3)C2=O)cc1OC. The molecule has 0 aromatic heterocycles. The number of alkyl halides is 3. The molecule has 2 aromatic rings. The van der Waals surface area contributed by atoms with Crippen molar-refractivity contribution in [2.24, 2.45) is 0 Å². The van der Waals surface area contributed by atoms with Gasteiger partial charge in [0.2, 0.25) is 5.91 Å². The maximum absolute atomic E-state index is 12.9. The quantitative estimate of drug-likeness (QED) is 0.366. The molecule has 1 fully saturated rings. The molecular weight excluding hydrogens is 553 g/mol. The van der Waals surface area contributed by atoms with Gasteiger partial charge in [-0.25, -0.2) is 0 Å². The summed E-state index contributed by atoms with van der Waals surface area (Å²) in [6, 6.07) is 7.22. The molecule has 3 rings (SSSR count). The molecule has 0 spiro atoms. The first-order chi connectivity index (χ1) is 16.5. The van der Waals surface area contributed by atoms with Crippen LogP contribution in [-0.2, 0) is 15.8 Å². The molecule has 0 unspecified atom stereocenters. The number of nitrogens with zero attached hydrogens (tertiary/aromatic N) is 1. The zero-order valence-corrected chi connectivity index (χ0v) is 20.3. The Balaban J connectivity index is 1.74. The van der Waals surface area contributed by atoms with E-state index in [2.05, 4.69) is 27.2 Å². The van der Waals surface area contributed by atoms with E-state index in [0.717, 1.165) is 18.2 Å². The van der Waals surface area contributed by atoms with E-state index in [-0.39, 0.29) is 17.2 Å². The lowest BCUT2D eigenvalue weighted by Gasteiger charge is -2.14. The summed E-state index contributed by atoms with van der Waals surface area (Å²) in [4.78, 5) is 38.2. The highest BCUT2D eigenvalue weighted by Crippen LogP contribution is 2.39. The van der Waals surface area contributed by atoms with Crippen molar-refractivity contribution in [3.8, 4) is 23.8 Å². The van der Waals surface area contributed by atoms with E-state index in [1.165, 1.54) is 19.3 Å². The first-order valence-corrected chi connectivity index (χ1v) is 11.3. The van der Waals surface area contributed by atoms with Crippen LogP contribution < -0.4 is 14.8 Å². The average molecular weight is 569 g/mol. The third-order valence-electron chi connectivity index (χ3n) is 4.50. The molecule has 0 bridgehead atoms. The molecule has 1 aliphatic rings. The summed E-state index contributed by atoms with van der Waals surface area (Å²) in [5.74, 6) is 1.49. The van der Waals surface area contributed by atoms with Crippen molar-refractivity contribution < 1.29 is 37.0 Å². The molecule has 0 saturated carbocycles. The van der Waals surface area contributed by atoms with E-state index >= 15 is 0 Å². The molecule has 1 N–H and O–H groups in total. The minimum absolute atomic E-state index is 0.00968. The summed E-state index contributed by atoms with van der Waals surface area (Å²) >= 11 is 3.97. The minimum atomic E-state index is -4.58. The number of thioether (sulfide) groups is 1. The topological polar surface area (TPSA) is 84.9 Å². The highest BCUT2D eigenvalue weighted by Gasteiger charge is 2.36. The van der Waals surface area contributed by atoms with Crippen LogP contribution in [0.1, 0.15) is 11.1 Å². The van der Waals surface area contributed by atoms with Gasteiger partial charge in [0, 0.05) is 5.69 Å². The van der Waals surface area contributed by atoms with Crippen LogP contribution in [0.25, 0.3) is 6.08 Å². The van der Waals surface area contributed by atoms with Crippen molar-refractivity contribution in [3.63, 3.8) is 0 Å². The minimum Gasteiger partial charge on any atom is -0.493 e. The third-order valence-corrected chi connectivity index (χ3v) is 5.99. The van der Waals surface area contributed by atoms with Crippen LogP contribution in [0.15, 0.2) is 45.8 Å². The molecule has 0 atom stereocenters. The fourth-order valence-corrected chi connectivity index (χ4v) is 4.39. The molecule has 1 aliphatic heterocycles. The van der Waals surface area contributed by atoms with Gasteiger partial charge in [-0.2, -0.15) is 13.2 Å². The molecule has 3 amide bonds. The Morgan fingerprint density at radius 3 is 2.69 bits per heavy atom. The predicted molar refractivity (Wildman–Crippen MR) is 128 cm³/mol. The number of methoxy groups -OCH3 is 1. The van der Waals surface area contributed by atoms with Crippen LogP contribution in [0.2, 0.25) is 0 Å². The average Bonchev–Trinajstić information content (AvgIpc) is 3.04. The molecular formula is C23H16BrF3N2O5S. The number of carbonyl (C=O) groups is 3. The summed E-state index contributed by atoms with van der Waals surface area (Å²) in [5, 5.41) is 1.57. The number of ether oxygens (including phenoxy) is 2. The number of hydrogen-bond acceptors (Lipinski definition) is 6. The smallest absolute Gasteiger partial charge is 0.416 e. The Kier molecular flexibility index (Phi) is 8.14. The number of nitrogens with one attached hydrogen (secondary N) is 1. The van der Waals surface area contributed by atoms with Gasteiger partial charge in [-0.3, -0.25) is 19.3 Å². The summed E-state index contributed by atoms with van der Waals surface area (Å²) < 4.78 is 49.8. The van der Waals surface area contributed by atoms with Crippen molar-refractivity contribution in [2.45, 2.75) is 6.18 Å². The number of rotatable bonds is 7. The molecule has 0 radical (unpaired) electrons. The highest BCUT2D eigenvalue weighted by molar-refractivity contribution is 9.10. The van der Waals surface area contributed by atoms with E-state index in [0.29, 0.717) is 38.2 Å². The van der Waals surface area contributed by atoms with Gasteiger partial charge in [-0.15, -0.1) is 6.42 Å². The van der Waals surface area contributed by atoms with E-state index in [9.17, 15) is 27.6 Å². The monoisotopic (exact) mass is 568 g/mol. The van der Waals surface area contributed by atoms with E-state index in [4.69, 9.17) is 15.9 Å². The van der Waals surface area contributed by atoms with Gasteiger partial charge in [-0.05, 0) is 69.7 Å². The third kappa shape index (κ3) is 6.37. The number of carbonyl (C=O) groups excluding carboxylic acids is 3. The normalized spacial score (nSPS) is 14.7. The van der Waals surface area contributed by atoms with Gasteiger partial charge >= 0.3 is 6.18 Å². The Bertz CT molecular complexity index is 1260. The second-order valence-corrected chi connectivity index (χ2v) is 8.77. The van der Waals surface area contributed by atoms with Gasteiger partial charge in [0.1, 0.15) is 13.2 Å². The molecule has 1 saturated heterocycles. The fourth-order valence-electron chi connectivity index (χ4n) is 2.98. The zero-order chi connectivity index (χ0) is 25.8. The van der Waals surface area contributed by atoms with Gasteiger partial charge in [0.25, 0.3) is 11.1 Å². The number of amides is 3. The van der Waals surface area contributed by atoms with Crippen molar-refractivity contribution in [3.05, 3.63) is 56.9 Å². The lowest BCUT2D eigenvalue weighted by molar-refractivity contribution is -0.137. The number of benzene rings is 2. The maximum Gasteiger partial charge on any atom is 0.416 e. The van der Waals surface area contributed by atoms with Crippen LogP contribution in [0.5, 0.6) is 11.5 Å². The van der Waals surface area contributed by atoms with Crippen molar-refractivity contribution >= 4 is 56.5 Å². The van der Waals surface area contributed by atoms with E-state index < -0.39 is 35.3 Å². The number of halogens is 4. The highest BCUT2D eigenvalue weighted by atomic mass is 79.9. The Hall–Kier alpha value is -3.43. The van der Waals surface area contributed by atoms with E-state index in [1.807, 2.05) is 0 Å². The molecule has 182 valence electrons. The lowest BCUT2D eigenvalue weighted by atomic mass is 10.2. The standard InChI is InChI=1S/C23H16BrF3N2O5S/c1-3-7-34-20-16(24)8-13(9-17(20)33-2)10-18-21(31)29(22(32)35-18)12-19(30)28-15-6-4-5-14(11-15)23(25,26)27/h1,4-6,8-11H,7,12H2,2H3,(H,28,30)/b18-10-. The number of anilines is 1. The molecule has 1 heterocycles. The van der Waals surface area contributed by atoms with Gasteiger partial charge in [0.15, 0.2) is 11.5 Å². The van der Waals surface area contributed by atoms with Crippen LogP contribution in [-0.4, -0.2) is 42.2 Å². The summed E-state index contributed by atoms with van der Waals surface area (Å²) in [6.45, 7) is -0.653. The first kappa shape index (κ1) is 26.2. The fraction of sp³-hybridized carbons (Fsp3) is 0.174. The van der Waals surface area contributed by atoms with Gasteiger partial charge < -0.3 is 14.8 Å². The van der Waals surface area contributed by atoms with Crippen LogP contribution in [0.3, 0.4) is 0 Å². The lowest BCUT2D eigenvalue weighted by Crippen LogP contribution is -2.36. The van der Waals surface area contributed by atoms with E-state index in [1.54, 1.807) is 12.1 Å². The molecule has 12 heteroatoms. The van der Waals surface area contributed by atoms with Crippen LogP contribution in [0, 0.1) is 12.3 Å². The Morgan fingerprint density at radius 2 is 2.03 bits per heavy atom. The summed E-state index contributed by atoms with van der Waals surface area (Å²) in [5.41, 5.74) is -0.557. The maximum atomic E-state index is 12.9. The zero-order valence-electron chi connectivity index (χ0n) is 17.9. The number of imide groups is 1. The Labute approximate surface area is 210 Å². The number of hydrogen-bond donors (Lipinski definition) is 1. The van der Waals surface area contributed by atoms with Crippen molar-refractivity contribution in [1.82, 2.24) is 4.90 Å². The second-order valence-electron chi connectivity index (χ2n) is 6.92. The number of terminal acetylenes is 1.